The third-order valence-corrected chi connectivity index (χ3v) is 4.23. The van der Waals surface area contributed by atoms with Crippen LogP contribution in [0.3, 0.4) is 0 Å². The Kier molecular flexibility index (Phi) is 4.64. The van der Waals surface area contributed by atoms with Gasteiger partial charge in [0.05, 0.1) is 19.8 Å². The molecule has 7 heteroatoms. The molecule has 6 nitrogen and oxygen atoms in total. The number of ether oxygens (including phenoxy) is 1. The Morgan fingerprint density at radius 1 is 1.15 bits per heavy atom. The molecule has 134 valence electrons. The zero-order valence-corrected chi connectivity index (χ0v) is 14.1. The number of amides is 1. The number of benzene rings is 2. The normalized spacial score (nSPS) is 15.3. The molecule has 3 aromatic rings. The van der Waals surface area contributed by atoms with Gasteiger partial charge >= 0.3 is 0 Å². The van der Waals surface area contributed by atoms with Gasteiger partial charge in [-0.15, -0.1) is 0 Å². The van der Waals surface area contributed by atoms with E-state index in [2.05, 4.69) is 15.2 Å². The fourth-order valence-electron chi connectivity index (χ4n) is 2.88. The molecule has 4 rings (SSSR count). The van der Waals surface area contributed by atoms with Crippen LogP contribution < -0.4 is 5.32 Å². The van der Waals surface area contributed by atoms with Crippen molar-refractivity contribution in [1.29, 1.82) is 0 Å². The summed E-state index contributed by atoms with van der Waals surface area (Å²) in [4.78, 5) is 18.7. The summed E-state index contributed by atoms with van der Waals surface area (Å²) in [5.74, 6) is 0.0282. The second-order valence-electron chi connectivity index (χ2n) is 6.15. The van der Waals surface area contributed by atoms with Crippen LogP contribution in [0.5, 0.6) is 0 Å². The third-order valence-electron chi connectivity index (χ3n) is 4.23. The maximum atomic E-state index is 13.0. The molecule has 1 N–H and O–H groups in total. The van der Waals surface area contributed by atoms with Crippen molar-refractivity contribution in [2.24, 2.45) is 0 Å². The number of carbonyl (C=O) groups excluding carboxylic acids is 1. The average Bonchev–Trinajstić information content (AvgIpc) is 3.06. The number of hydrogen-bond donors (Lipinski definition) is 1. The van der Waals surface area contributed by atoms with E-state index in [1.807, 2.05) is 0 Å². The van der Waals surface area contributed by atoms with Crippen LogP contribution in [0, 0.1) is 5.82 Å². The molecule has 2 heterocycles. The van der Waals surface area contributed by atoms with Crippen LogP contribution >= 0.6 is 0 Å². The minimum atomic E-state index is -0.310. The minimum absolute atomic E-state index is 0.0755. The lowest BCUT2D eigenvalue weighted by Crippen LogP contribution is -2.41. The van der Waals surface area contributed by atoms with E-state index in [0.717, 1.165) is 13.1 Å². The number of halogens is 1. The molecule has 0 bridgehead atoms. The molecule has 2 aromatic carbocycles. The van der Waals surface area contributed by atoms with Crippen LogP contribution in [0.1, 0.15) is 0 Å². The maximum absolute atomic E-state index is 13.0. The van der Waals surface area contributed by atoms with E-state index in [-0.39, 0.29) is 11.7 Å². The fourth-order valence-corrected chi connectivity index (χ4v) is 2.88. The summed E-state index contributed by atoms with van der Waals surface area (Å²) in [5.41, 5.74) is 2.60. The Labute approximate surface area is 149 Å². The fraction of sp³-hybridized carbons (Fsp3) is 0.263. The van der Waals surface area contributed by atoms with Crippen LogP contribution in [0.2, 0.25) is 0 Å². The van der Waals surface area contributed by atoms with Crippen molar-refractivity contribution in [1.82, 2.24) is 9.88 Å². The lowest BCUT2D eigenvalue weighted by molar-refractivity contribution is -0.118. The maximum Gasteiger partial charge on any atom is 0.238 e. The number of carbonyl (C=O) groups is 1. The highest BCUT2D eigenvalue weighted by Crippen LogP contribution is 2.26. The molecular weight excluding hydrogens is 337 g/mol. The Bertz CT molecular complexity index is 917. The molecule has 0 unspecified atom stereocenters. The van der Waals surface area contributed by atoms with Gasteiger partial charge in [0.1, 0.15) is 11.3 Å². The Morgan fingerprint density at radius 3 is 2.69 bits per heavy atom. The van der Waals surface area contributed by atoms with Crippen molar-refractivity contribution in [3.8, 4) is 11.5 Å². The van der Waals surface area contributed by atoms with Gasteiger partial charge in [0, 0.05) is 24.3 Å². The molecule has 1 amide bonds. The monoisotopic (exact) mass is 355 g/mol. The highest BCUT2D eigenvalue weighted by atomic mass is 19.1. The first-order chi connectivity index (χ1) is 12.7. The van der Waals surface area contributed by atoms with Gasteiger partial charge in [0.15, 0.2) is 5.58 Å². The molecule has 26 heavy (non-hydrogen) atoms. The third kappa shape index (κ3) is 3.74. The van der Waals surface area contributed by atoms with Gasteiger partial charge in [-0.2, -0.15) is 0 Å². The number of nitrogens with zero attached hydrogens (tertiary/aromatic N) is 2. The van der Waals surface area contributed by atoms with Gasteiger partial charge in [-0.3, -0.25) is 9.69 Å². The molecule has 0 atom stereocenters. The summed E-state index contributed by atoms with van der Waals surface area (Å²) >= 11 is 0. The zero-order valence-electron chi connectivity index (χ0n) is 14.1. The quantitative estimate of drug-likeness (QED) is 0.779. The molecule has 1 saturated heterocycles. The second-order valence-corrected chi connectivity index (χ2v) is 6.15. The summed E-state index contributed by atoms with van der Waals surface area (Å²) in [6, 6.07) is 11.3. The molecular formula is C19H18FN3O3. The number of aromatic nitrogens is 1. The summed E-state index contributed by atoms with van der Waals surface area (Å²) < 4.78 is 24.0. The Hall–Kier alpha value is -2.77. The van der Waals surface area contributed by atoms with Crippen molar-refractivity contribution in [2.45, 2.75) is 0 Å². The highest BCUT2D eigenvalue weighted by Gasteiger charge is 2.15. The van der Waals surface area contributed by atoms with Gasteiger partial charge in [0.25, 0.3) is 0 Å². The highest BCUT2D eigenvalue weighted by molar-refractivity contribution is 5.94. The summed E-state index contributed by atoms with van der Waals surface area (Å²) in [6.45, 7) is 3.17. The number of fused-ring (bicyclic) bond motifs is 1. The van der Waals surface area contributed by atoms with Gasteiger partial charge in [0.2, 0.25) is 11.8 Å². The molecule has 0 radical (unpaired) electrons. The van der Waals surface area contributed by atoms with E-state index in [0.29, 0.717) is 48.0 Å². The number of oxazole rings is 1. The summed E-state index contributed by atoms with van der Waals surface area (Å²) in [7, 11) is 0. The van der Waals surface area contributed by atoms with Gasteiger partial charge in [-0.1, -0.05) is 0 Å². The first-order valence-electron chi connectivity index (χ1n) is 8.44. The number of hydrogen-bond acceptors (Lipinski definition) is 5. The summed E-state index contributed by atoms with van der Waals surface area (Å²) in [6.07, 6.45) is 0. The molecule has 0 spiro atoms. The van der Waals surface area contributed by atoms with E-state index in [9.17, 15) is 9.18 Å². The smallest absolute Gasteiger partial charge is 0.238 e. The molecule has 0 saturated carbocycles. The van der Waals surface area contributed by atoms with Crippen LogP contribution in [-0.2, 0) is 9.53 Å². The SMILES string of the molecule is O=C(CN1CCOCC1)Nc1ccc2oc(-c3ccc(F)cc3)nc2c1. The Balaban J connectivity index is 1.48. The zero-order chi connectivity index (χ0) is 17.9. The topological polar surface area (TPSA) is 67.6 Å². The van der Waals surface area contributed by atoms with E-state index >= 15 is 0 Å². The lowest BCUT2D eigenvalue weighted by atomic mass is 10.2. The first kappa shape index (κ1) is 16.7. The largest absolute Gasteiger partial charge is 0.436 e. The minimum Gasteiger partial charge on any atom is -0.436 e. The van der Waals surface area contributed by atoms with E-state index in [4.69, 9.17) is 9.15 Å². The van der Waals surface area contributed by atoms with Crippen molar-refractivity contribution in [2.75, 3.05) is 38.2 Å². The molecule has 0 aliphatic carbocycles. The molecule has 1 aliphatic rings. The lowest BCUT2D eigenvalue weighted by Gasteiger charge is -2.25. The Morgan fingerprint density at radius 2 is 1.92 bits per heavy atom. The number of anilines is 1. The summed E-state index contributed by atoms with van der Waals surface area (Å²) in [5, 5.41) is 2.89. The van der Waals surface area contributed by atoms with Crippen molar-refractivity contribution in [3.05, 3.63) is 48.3 Å². The molecule has 1 aromatic heterocycles. The predicted octanol–water partition coefficient (Wildman–Crippen LogP) is 2.90. The average molecular weight is 355 g/mol. The van der Waals surface area contributed by atoms with Crippen molar-refractivity contribution in [3.63, 3.8) is 0 Å². The van der Waals surface area contributed by atoms with Crippen LogP contribution in [0.25, 0.3) is 22.6 Å². The molecule has 1 fully saturated rings. The van der Waals surface area contributed by atoms with Gasteiger partial charge < -0.3 is 14.5 Å². The number of rotatable bonds is 4. The molecule has 1 aliphatic heterocycles. The van der Waals surface area contributed by atoms with E-state index in [1.54, 1.807) is 30.3 Å². The van der Waals surface area contributed by atoms with Gasteiger partial charge in [-0.05, 0) is 42.5 Å². The van der Waals surface area contributed by atoms with Crippen LogP contribution in [-0.4, -0.2) is 48.6 Å². The van der Waals surface area contributed by atoms with Crippen LogP contribution in [0.4, 0.5) is 10.1 Å². The van der Waals surface area contributed by atoms with E-state index < -0.39 is 0 Å². The van der Waals surface area contributed by atoms with Gasteiger partial charge in [-0.25, -0.2) is 9.37 Å². The predicted molar refractivity (Wildman–Crippen MR) is 95.3 cm³/mol. The number of nitrogens with one attached hydrogen (secondary N) is 1. The first-order valence-corrected chi connectivity index (χ1v) is 8.44. The van der Waals surface area contributed by atoms with Crippen molar-refractivity contribution < 1.29 is 18.3 Å². The van der Waals surface area contributed by atoms with E-state index in [1.165, 1.54) is 12.1 Å². The standard InChI is InChI=1S/C19H18FN3O3/c20-14-3-1-13(2-4-14)19-22-16-11-15(5-6-17(16)26-19)21-18(24)12-23-7-9-25-10-8-23/h1-6,11H,7-10,12H2,(H,21,24). The van der Waals surface area contributed by atoms with Crippen molar-refractivity contribution >= 4 is 22.7 Å². The second kappa shape index (κ2) is 7.23. The van der Waals surface area contributed by atoms with Crippen LogP contribution in [0.15, 0.2) is 46.9 Å². The number of morpholine rings is 1.